The van der Waals surface area contributed by atoms with Gasteiger partial charge in [-0.05, 0) is 35.4 Å². The fraction of sp³-hybridized carbons (Fsp3) is 0.125. The number of hydrogen-bond donors (Lipinski definition) is 0. The Kier molecular flexibility index (Phi) is 4.86. The molecule has 0 aliphatic carbocycles. The van der Waals surface area contributed by atoms with Crippen molar-refractivity contribution in [2.75, 3.05) is 5.01 Å². The molecule has 1 aliphatic heterocycles. The molecule has 0 bridgehead atoms. The number of hydrogen-bond acceptors (Lipinski definition) is 7. The number of nitro benzene ring substituents is 1. The Morgan fingerprint density at radius 3 is 2.50 bits per heavy atom. The van der Waals surface area contributed by atoms with E-state index in [4.69, 9.17) is 0 Å². The van der Waals surface area contributed by atoms with Crippen molar-refractivity contribution in [2.45, 2.75) is 12.8 Å². The number of nitro groups is 1. The molecule has 4 rings (SSSR count). The molecular weight excluding hydrogens is 349 g/mol. The molecule has 1 aromatic heterocycles. The number of benzene rings is 2. The molecule has 0 saturated heterocycles. The van der Waals surface area contributed by atoms with Crippen LogP contribution in [0.4, 0.5) is 11.4 Å². The number of carbonyl (C=O) groups excluding carboxylic acids is 1. The van der Waals surface area contributed by atoms with Crippen LogP contribution in [0.25, 0.3) is 11.0 Å². The zero-order valence-corrected chi connectivity index (χ0v) is 13.0. The van der Waals surface area contributed by atoms with Crippen LogP contribution >= 0.6 is 0 Å². The molecule has 126 valence electrons. The predicted octanol–water partition coefficient (Wildman–Crippen LogP) is 1.99. The molecule has 1 unspecified atom stereocenters. The van der Waals surface area contributed by atoms with Gasteiger partial charge < -0.3 is 0 Å². The maximum absolute atomic E-state index is 12.9. The first-order valence-corrected chi connectivity index (χ1v) is 7.41. The van der Waals surface area contributed by atoms with Crippen LogP contribution < -0.4 is 5.01 Å². The van der Waals surface area contributed by atoms with Crippen molar-refractivity contribution in [1.29, 1.82) is 0 Å². The summed E-state index contributed by atoms with van der Waals surface area (Å²) in [5.74, 6) is -0.961. The van der Waals surface area contributed by atoms with Crippen LogP contribution in [-0.4, -0.2) is 56.4 Å². The number of amides is 1. The van der Waals surface area contributed by atoms with Crippen molar-refractivity contribution >= 4 is 63.6 Å². The Labute approximate surface area is 169 Å². The molecule has 3 aromatic rings. The number of rotatable bonds is 3. The summed E-state index contributed by atoms with van der Waals surface area (Å²) in [7, 11) is 0. The number of non-ortho nitro benzene ring substituents is 1. The molecule has 0 radical (unpaired) electrons. The van der Waals surface area contributed by atoms with Gasteiger partial charge >= 0.3 is 35.2 Å². The Bertz CT molecular complexity index is 1030. The Morgan fingerprint density at radius 2 is 1.81 bits per heavy atom. The fourth-order valence-corrected chi connectivity index (χ4v) is 2.93. The van der Waals surface area contributed by atoms with E-state index in [0.29, 0.717) is 17.0 Å². The second kappa shape index (κ2) is 6.94. The molecule has 0 spiro atoms. The molecule has 0 N–H and O–H groups in total. The summed E-state index contributed by atoms with van der Waals surface area (Å²) in [5, 5.41) is 24.1. The van der Waals surface area contributed by atoms with E-state index in [9.17, 15) is 14.9 Å². The third-order valence-electron chi connectivity index (χ3n) is 4.07. The quantitative estimate of drug-likeness (QED) is 0.400. The number of para-hydroxylation sites is 1. The average Bonchev–Trinajstić information content (AvgIpc) is 3.20. The molecule has 1 atom stereocenters. The molecule has 26 heavy (non-hydrogen) atoms. The van der Waals surface area contributed by atoms with Crippen LogP contribution in [-0.2, 0) is 4.79 Å². The van der Waals surface area contributed by atoms with Gasteiger partial charge in [0.2, 0.25) is 5.52 Å². The maximum atomic E-state index is 12.9. The summed E-state index contributed by atoms with van der Waals surface area (Å²) >= 11 is 0. The van der Waals surface area contributed by atoms with Gasteiger partial charge in [-0.15, -0.1) is 0 Å². The average molecular weight is 361 g/mol. The number of aromatic nitrogens is 2. The fourth-order valence-electron chi connectivity index (χ4n) is 2.93. The Morgan fingerprint density at radius 1 is 1.12 bits per heavy atom. The van der Waals surface area contributed by atoms with Crippen LogP contribution in [0.5, 0.6) is 0 Å². The van der Waals surface area contributed by atoms with Crippen molar-refractivity contribution in [3.63, 3.8) is 0 Å². The van der Waals surface area contributed by atoms with E-state index in [1.807, 2.05) is 18.2 Å². The van der Waals surface area contributed by atoms with Gasteiger partial charge in [-0.1, -0.05) is 18.2 Å². The summed E-state index contributed by atoms with van der Waals surface area (Å²) < 4.78 is 4.67. The van der Waals surface area contributed by atoms with E-state index >= 15 is 0 Å². The van der Waals surface area contributed by atoms with E-state index in [2.05, 4.69) is 20.0 Å². The van der Waals surface area contributed by atoms with Gasteiger partial charge in [0, 0.05) is 11.6 Å². The van der Waals surface area contributed by atoms with Crippen molar-refractivity contribution in [1.82, 2.24) is 10.3 Å². The van der Waals surface area contributed by atoms with Crippen molar-refractivity contribution in [3.8, 4) is 0 Å². The molecular formula is C16H12N5NaO4. The summed E-state index contributed by atoms with van der Waals surface area (Å²) in [6.45, 7) is 1.73. The summed E-state index contributed by atoms with van der Waals surface area (Å²) in [6, 6.07) is 11.8. The van der Waals surface area contributed by atoms with Crippen LogP contribution in [0.2, 0.25) is 0 Å². The molecule has 2 heterocycles. The molecule has 1 aliphatic rings. The third-order valence-corrected chi connectivity index (χ3v) is 4.07. The van der Waals surface area contributed by atoms with E-state index < -0.39 is 10.8 Å². The SMILES string of the molecule is CC1=NN(c2ccccc2)C(=O)C1c1ccc([N+](=O)[O-])c2nonc12.[NaH]. The van der Waals surface area contributed by atoms with Gasteiger partial charge in [0.1, 0.15) is 11.4 Å². The first-order chi connectivity index (χ1) is 12.1. The first kappa shape index (κ1) is 18.2. The van der Waals surface area contributed by atoms with Crippen LogP contribution in [0.3, 0.4) is 0 Å². The number of fused-ring (bicyclic) bond motifs is 1. The van der Waals surface area contributed by atoms with Gasteiger partial charge in [-0.3, -0.25) is 14.9 Å². The molecule has 10 heteroatoms. The van der Waals surface area contributed by atoms with Crippen molar-refractivity contribution < 1.29 is 14.3 Å². The van der Waals surface area contributed by atoms with Gasteiger partial charge in [0.15, 0.2) is 0 Å². The standard InChI is InChI=1S/C16H11N5O4.Na.H/c1-9-13(16(22)20(17-9)10-5-3-2-4-6-10)11-7-8-12(21(23)24)15-14(11)18-25-19-15;;/h2-8,13H,1H3;;. The van der Waals surface area contributed by atoms with Crippen LogP contribution in [0.15, 0.2) is 52.2 Å². The molecule has 9 nitrogen and oxygen atoms in total. The van der Waals surface area contributed by atoms with E-state index in [1.54, 1.807) is 19.1 Å². The summed E-state index contributed by atoms with van der Waals surface area (Å²) in [4.78, 5) is 23.4. The second-order valence-corrected chi connectivity index (χ2v) is 5.55. The van der Waals surface area contributed by atoms with E-state index in [1.165, 1.54) is 17.1 Å². The summed E-state index contributed by atoms with van der Waals surface area (Å²) in [5.41, 5.74) is 1.67. The van der Waals surface area contributed by atoms with Gasteiger partial charge in [0.05, 0.1) is 16.3 Å². The summed E-state index contributed by atoms with van der Waals surface area (Å²) in [6.07, 6.45) is 0. The van der Waals surface area contributed by atoms with E-state index in [-0.39, 0.29) is 52.2 Å². The Balaban J connectivity index is 0.00000196. The van der Waals surface area contributed by atoms with E-state index in [0.717, 1.165) is 0 Å². The van der Waals surface area contributed by atoms with Gasteiger partial charge in [-0.25, -0.2) is 4.63 Å². The monoisotopic (exact) mass is 361 g/mol. The molecule has 0 fully saturated rings. The minimum atomic E-state index is -0.699. The topological polar surface area (TPSA) is 115 Å². The van der Waals surface area contributed by atoms with Crippen molar-refractivity contribution in [2.24, 2.45) is 5.10 Å². The second-order valence-electron chi connectivity index (χ2n) is 5.55. The number of carbonyl (C=O) groups is 1. The number of hydrazone groups is 1. The zero-order valence-electron chi connectivity index (χ0n) is 13.0. The predicted molar refractivity (Wildman–Crippen MR) is 95.4 cm³/mol. The first-order valence-electron chi connectivity index (χ1n) is 7.41. The molecule has 1 amide bonds. The van der Waals surface area contributed by atoms with Gasteiger partial charge in [0.25, 0.3) is 5.91 Å². The Hall–Kier alpha value is -2.62. The number of nitrogens with zero attached hydrogens (tertiary/aromatic N) is 5. The zero-order chi connectivity index (χ0) is 17.6. The van der Waals surface area contributed by atoms with Gasteiger partial charge in [-0.2, -0.15) is 10.1 Å². The minimum absolute atomic E-state index is 0. The molecule has 2 aromatic carbocycles. The third kappa shape index (κ3) is 2.79. The van der Waals surface area contributed by atoms with Crippen LogP contribution in [0.1, 0.15) is 18.4 Å². The van der Waals surface area contributed by atoms with Crippen LogP contribution in [0, 0.1) is 10.1 Å². The normalized spacial score (nSPS) is 16.5. The van der Waals surface area contributed by atoms with Crippen molar-refractivity contribution in [3.05, 3.63) is 58.1 Å². The number of anilines is 1. The molecule has 0 saturated carbocycles.